The van der Waals surface area contributed by atoms with Gasteiger partial charge in [0.25, 0.3) is 0 Å². The molecule has 1 aliphatic carbocycles. The van der Waals surface area contributed by atoms with Gasteiger partial charge in [0.05, 0.1) is 10.8 Å². The second kappa shape index (κ2) is 2.14. The molecule has 2 amide bonds. The maximum absolute atomic E-state index is 11.6. The molecule has 3 heteroatoms. The van der Waals surface area contributed by atoms with Crippen molar-refractivity contribution in [2.24, 2.45) is 16.7 Å². The van der Waals surface area contributed by atoms with Crippen molar-refractivity contribution in [2.45, 2.75) is 33.6 Å². The van der Waals surface area contributed by atoms with Crippen LogP contribution in [0.1, 0.15) is 33.6 Å². The summed E-state index contributed by atoms with van der Waals surface area (Å²) in [7, 11) is 0. The molecule has 0 aromatic rings. The number of carbonyl (C=O) groups is 2. The summed E-state index contributed by atoms with van der Waals surface area (Å²) in [5.74, 6) is 0.318. The van der Waals surface area contributed by atoms with Crippen LogP contribution in [-0.2, 0) is 9.59 Å². The fourth-order valence-corrected chi connectivity index (χ4v) is 2.98. The van der Waals surface area contributed by atoms with E-state index < -0.39 is 10.8 Å². The van der Waals surface area contributed by atoms with Crippen molar-refractivity contribution in [1.82, 2.24) is 5.32 Å². The second-order valence-electron chi connectivity index (χ2n) is 4.96. The second-order valence-corrected chi connectivity index (χ2v) is 4.96. The summed E-state index contributed by atoms with van der Waals surface area (Å²) in [6.07, 6.45) is 1.67. The topological polar surface area (TPSA) is 46.2 Å². The lowest BCUT2D eigenvalue weighted by molar-refractivity contribution is -0.129. The predicted octanol–water partition coefficient (Wildman–Crippen LogP) is 1.09. The summed E-state index contributed by atoms with van der Waals surface area (Å²) in [6.45, 7) is 5.93. The summed E-state index contributed by atoms with van der Waals surface area (Å²) in [6, 6.07) is 0. The van der Waals surface area contributed by atoms with Crippen molar-refractivity contribution in [3.05, 3.63) is 0 Å². The minimum atomic E-state index is -0.455. The first-order valence-corrected chi connectivity index (χ1v) is 4.76. The molecule has 1 saturated carbocycles. The first-order valence-electron chi connectivity index (χ1n) is 4.76. The summed E-state index contributed by atoms with van der Waals surface area (Å²) in [4.78, 5) is 23.2. The Bertz CT molecular complexity index is 271. The van der Waals surface area contributed by atoms with Crippen molar-refractivity contribution >= 4 is 11.8 Å². The van der Waals surface area contributed by atoms with Crippen LogP contribution >= 0.6 is 0 Å². The van der Waals surface area contributed by atoms with Gasteiger partial charge in [-0.05, 0) is 32.6 Å². The molecule has 0 aromatic heterocycles. The highest BCUT2D eigenvalue weighted by Gasteiger charge is 2.64. The van der Waals surface area contributed by atoms with Crippen LogP contribution in [0.5, 0.6) is 0 Å². The van der Waals surface area contributed by atoms with Gasteiger partial charge in [-0.3, -0.25) is 14.9 Å². The molecule has 2 rings (SSSR count). The molecule has 72 valence electrons. The molecule has 2 aliphatic rings. The molecule has 0 aromatic carbocycles. The van der Waals surface area contributed by atoms with Gasteiger partial charge in [0, 0.05) is 0 Å². The third kappa shape index (κ3) is 0.798. The summed E-state index contributed by atoms with van der Waals surface area (Å²) >= 11 is 0. The molecule has 0 spiro atoms. The van der Waals surface area contributed by atoms with Crippen LogP contribution < -0.4 is 5.32 Å². The molecule has 0 radical (unpaired) electrons. The zero-order chi connectivity index (χ0) is 9.85. The molecule has 2 fully saturated rings. The minimum absolute atomic E-state index is 0.0793. The lowest BCUT2D eigenvalue weighted by Crippen LogP contribution is -2.35. The molecular formula is C10H15NO2. The molecule has 2 unspecified atom stereocenters. The zero-order valence-electron chi connectivity index (χ0n) is 8.31. The van der Waals surface area contributed by atoms with Crippen molar-refractivity contribution < 1.29 is 9.59 Å². The zero-order valence-corrected chi connectivity index (χ0v) is 8.31. The van der Waals surface area contributed by atoms with Gasteiger partial charge in [-0.25, -0.2) is 0 Å². The van der Waals surface area contributed by atoms with E-state index in [-0.39, 0.29) is 11.8 Å². The minimum Gasteiger partial charge on any atom is -0.295 e. The summed E-state index contributed by atoms with van der Waals surface area (Å²) in [5.41, 5.74) is -0.910. The number of rotatable bonds is 0. The highest BCUT2D eigenvalue weighted by atomic mass is 16.2. The van der Waals surface area contributed by atoms with Crippen LogP contribution in [0.3, 0.4) is 0 Å². The number of fused-ring (bicyclic) bond motifs is 1. The van der Waals surface area contributed by atoms with E-state index in [4.69, 9.17) is 0 Å². The van der Waals surface area contributed by atoms with Gasteiger partial charge in [0.1, 0.15) is 0 Å². The van der Waals surface area contributed by atoms with Crippen LogP contribution in [0.15, 0.2) is 0 Å². The molecule has 1 aliphatic heterocycles. The predicted molar refractivity (Wildman–Crippen MR) is 47.8 cm³/mol. The highest BCUT2D eigenvalue weighted by Crippen LogP contribution is 2.57. The monoisotopic (exact) mass is 181 g/mol. The lowest BCUT2D eigenvalue weighted by Gasteiger charge is -2.28. The normalized spacial score (nSPS) is 49.3. The highest BCUT2D eigenvalue weighted by molar-refractivity contribution is 6.09. The molecular weight excluding hydrogens is 166 g/mol. The third-order valence-electron chi connectivity index (χ3n) is 3.96. The number of carbonyl (C=O) groups excluding carboxylic acids is 2. The fourth-order valence-electron chi connectivity index (χ4n) is 2.98. The maximum Gasteiger partial charge on any atom is 0.233 e. The Balaban J connectivity index is 2.49. The Morgan fingerprint density at radius 1 is 1.15 bits per heavy atom. The van der Waals surface area contributed by atoms with E-state index in [0.717, 1.165) is 12.8 Å². The molecule has 2 atom stereocenters. The van der Waals surface area contributed by atoms with E-state index in [1.54, 1.807) is 0 Å². The molecule has 1 N–H and O–H groups in total. The van der Waals surface area contributed by atoms with E-state index >= 15 is 0 Å². The summed E-state index contributed by atoms with van der Waals surface area (Å²) in [5, 5.41) is 2.44. The Morgan fingerprint density at radius 2 is 1.54 bits per heavy atom. The van der Waals surface area contributed by atoms with Crippen molar-refractivity contribution in [1.29, 1.82) is 0 Å². The van der Waals surface area contributed by atoms with Gasteiger partial charge in [-0.2, -0.15) is 0 Å². The number of nitrogens with one attached hydrogen (secondary N) is 1. The van der Waals surface area contributed by atoms with E-state index in [1.807, 2.05) is 13.8 Å². The molecule has 1 heterocycles. The Morgan fingerprint density at radius 3 is 1.92 bits per heavy atom. The molecule has 1 saturated heterocycles. The van der Waals surface area contributed by atoms with Gasteiger partial charge < -0.3 is 0 Å². The van der Waals surface area contributed by atoms with Crippen molar-refractivity contribution in [3.8, 4) is 0 Å². The Labute approximate surface area is 77.9 Å². The molecule has 13 heavy (non-hydrogen) atoms. The van der Waals surface area contributed by atoms with Gasteiger partial charge in [-0.15, -0.1) is 0 Å². The van der Waals surface area contributed by atoms with Crippen molar-refractivity contribution in [3.63, 3.8) is 0 Å². The first-order chi connectivity index (χ1) is 5.90. The van der Waals surface area contributed by atoms with Crippen LogP contribution in [0.2, 0.25) is 0 Å². The average Bonchev–Trinajstić information content (AvgIpc) is 2.31. The first kappa shape index (κ1) is 8.73. The average molecular weight is 181 g/mol. The van der Waals surface area contributed by atoms with Gasteiger partial charge in [0.15, 0.2) is 0 Å². The fraction of sp³-hybridized carbons (Fsp3) is 0.800. The van der Waals surface area contributed by atoms with Crippen molar-refractivity contribution in [2.75, 3.05) is 0 Å². The van der Waals surface area contributed by atoms with Gasteiger partial charge >= 0.3 is 0 Å². The third-order valence-corrected chi connectivity index (χ3v) is 3.96. The SMILES string of the molecule is CC1CC2(C)C(=O)NC(=O)C2(C)C1. The van der Waals surface area contributed by atoms with Gasteiger partial charge in [0.2, 0.25) is 11.8 Å². The molecule has 0 bridgehead atoms. The lowest BCUT2D eigenvalue weighted by atomic mass is 9.70. The largest absolute Gasteiger partial charge is 0.295 e. The van der Waals surface area contributed by atoms with Crippen LogP contribution in [0.4, 0.5) is 0 Å². The van der Waals surface area contributed by atoms with E-state index in [9.17, 15) is 9.59 Å². The Hall–Kier alpha value is -0.860. The number of hydrogen-bond acceptors (Lipinski definition) is 2. The summed E-state index contributed by atoms with van der Waals surface area (Å²) < 4.78 is 0. The van der Waals surface area contributed by atoms with E-state index in [1.165, 1.54) is 0 Å². The smallest absolute Gasteiger partial charge is 0.233 e. The van der Waals surface area contributed by atoms with Gasteiger partial charge in [-0.1, -0.05) is 6.92 Å². The van der Waals surface area contributed by atoms with Crippen LogP contribution in [0, 0.1) is 16.7 Å². The standard InChI is InChI=1S/C10H15NO2/c1-6-4-9(2)7(12)11-8(13)10(9,3)5-6/h6H,4-5H2,1-3H3,(H,11,12,13). The molecule has 3 nitrogen and oxygen atoms in total. The van der Waals surface area contributed by atoms with Crippen LogP contribution in [0.25, 0.3) is 0 Å². The number of imide groups is 1. The Kier molecular flexibility index (Phi) is 1.44. The quantitative estimate of drug-likeness (QED) is 0.568. The maximum atomic E-state index is 11.6. The van der Waals surface area contributed by atoms with E-state index in [0.29, 0.717) is 5.92 Å². The van der Waals surface area contributed by atoms with Crippen LogP contribution in [-0.4, -0.2) is 11.8 Å². The number of hydrogen-bond donors (Lipinski definition) is 1. The van der Waals surface area contributed by atoms with E-state index in [2.05, 4.69) is 12.2 Å². The number of amides is 2.